The summed E-state index contributed by atoms with van der Waals surface area (Å²) in [6, 6.07) is 17.1. The molecule has 0 aliphatic heterocycles. The van der Waals surface area contributed by atoms with Crippen molar-refractivity contribution in [1.82, 2.24) is 0 Å². The molecule has 2 aromatic carbocycles. The van der Waals surface area contributed by atoms with Crippen LogP contribution in [0.25, 0.3) is 0 Å². The SMILES string of the molecule is CCCCCOc1ccc(C#Cc2ccc(CC[C@H]3CC[C@H](CCCCC)CC3)cc2)cc1. The van der Waals surface area contributed by atoms with Gasteiger partial charge < -0.3 is 4.74 Å². The van der Waals surface area contributed by atoms with Crippen molar-refractivity contribution in [1.29, 1.82) is 0 Å². The number of rotatable bonds is 12. The number of aryl methyl sites for hydroxylation is 1. The Kier molecular flexibility index (Phi) is 11.4. The third-order valence-corrected chi connectivity index (χ3v) is 7.20. The van der Waals surface area contributed by atoms with E-state index in [2.05, 4.69) is 62.1 Å². The first-order valence-corrected chi connectivity index (χ1v) is 13.6. The van der Waals surface area contributed by atoms with Gasteiger partial charge in [0.25, 0.3) is 0 Å². The predicted molar refractivity (Wildman–Crippen MR) is 142 cm³/mol. The van der Waals surface area contributed by atoms with E-state index in [0.29, 0.717) is 0 Å². The van der Waals surface area contributed by atoms with E-state index in [1.807, 2.05) is 12.1 Å². The zero-order valence-corrected chi connectivity index (χ0v) is 21.1. The molecule has 33 heavy (non-hydrogen) atoms. The highest BCUT2D eigenvalue weighted by Gasteiger charge is 2.20. The first-order chi connectivity index (χ1) is 16.3. The quantitative estimate of drug-likeness (QED) is 0.234. The van der Waals surface area contributed by atoms with Gasteiger partial charge in [-0.1, -0.05) is 102 Å². The molecule has 1 nitrogen and oxygen atoms in total. The molecule has 0 amide bonds. The van der Waals surface area contributed by atoms with Gasteiger partial charge in [0.2, 0.25) is 0 Å². The lowest BCUT2D eigenvalue weighted by atomic mass is 9.78. The topological polar surface area (TPSA) is 9.23 Å². The Morgan fingerprint density at radius 3 is 1.82 bits per heavy atom. The summed E-state index contributed by atoms with van der Waals surface area (Å²) >= 11 is 0. The maximum absolute atomic E-state index is 5.78. The summed E-state index contributed by atoms with van der Waals surface area (Å²) in [5.41, 5.74) is 3.58. The molecule has 1 aliphatic rings. The average Bonchev–Trinajstić information content (AvgIpc) is 2.86. The fourth-order valence-electron chi connectivity index (χ4n) is 4.94. The first kappa shape index (κ1) is 25.4. The maximum atomic E-state index is 5.78. The monoisotopic (exact) mass is 444 g/mol. The standard InChI is InChI=1S/C32H44O/c1-3-5-7-9-27-10-12-28(13-11-27)14-15-29-16-18-30(19-17-29)20-21-31-22-24-32(25-23-31)33-26-8-6-4-2/h16-19,22-25,27-28H,3-15,26H2,1-2H3/t27-,28-. The Morgan fingerprint density at radius 2 is 1.21 bits per heavy atom. The molecular formula is C32H44O. The van der Waals surface area contributed by atoms with Crippen LogP contribution in [0.2, 0.25) is 0 Å². The Morgan fingerprint density at radius 1 is 0.667 bits per heavy atom. The smallest absolute Gasteiger partial charge is 0.119 e. The summed E-state index contributed by atoms with van der Waals surface area (Å²) in [6.45, 7) is 5.31. The molecule has 1 saturated carbocycles. The van der Waals surface area contributed by atoms with Crippen LogP contribution in [0.4, 0.5) is 0 Å². The summed E-state index contributed by atoms with van der Waals surface area (Å²) in [6.07, 6.45) is 17.6. The predicted octanol–water partition coefficient (Wildman–Crippen LogP) is 8.97. The molecule has 0 heterocycles. The highest BCUT2D eigenvalue weighted by atomic mass is 16.5. The van der Waals surface area contributed by atoms with Crippen LogP contribution in [0.1, 0.15) is 108 Å². The molecule has 0 spiro atoms. The first-order valence-electron chi connectivity index (χ1n) is 13.6. The summed E-state index contributed by atoms with van der Waals surface area (Å²) in [5, 5.41) is 0. The van der Waals surface area contributed by atoms with Gasteiger partial charge >= 0.3 is 0 Å². The minimum atomic E-state index is 0.797. The summed E-state index contributed by atoms with van der Waals surface area (Å²) in [4.78, 5) is 0. The largest absolute Gasteiger partial charge is 0.494 e. The maximum Gasteiger partial charge on any atom is 0.119 e. The van der Waals surface area contributed by atoms with Crippen molar-refractivity contribution in [2.24, 2.45) is 11.8 Å². The summed E-state index contributed by atoms with van der Waals surface area (Å²) in [5.74, 6) is 9.48. The average molecular weight is 445 g/mol. The highest BCUT2D eigenvalue weighted by molar-refractivity contribution is 5.44. The molecule has 0 saturated heterocycles. The van der Waals surface area contributed by atoms with E-state index in [-0.39, 0.29) is 0 Å². The van der Waals surface area contributed by atoms with Gasteiger partial charge in [-0.3, -0.25) is 0 Å². The Balaban J connectivity index is 1.38. The van der Waals surface area contributed by atoms with Gasteiger partial charge in [0, 0.05) is 11.1 Å². The number of ether oxygens (including phenoxy) is 1. The van der Waals surface area contributed by atoms with Crippen LogP contribution in [-0.4, -0.2) is 6.61 Å². The lowest BCUT2D eigenvalue weighted by Gasteiger charge is -2.28. The van der Waals surface area contributed by atoms with Crippen LogP contribution in [0.15, 0.2) is 48.5 Å². The van der Waals surface area contributed by atoms with E-state index in [9.17, 15) is 0 Å². The lowest BCUT2D eigenvalue weighted by molar-refractivity contribution is 0.249. The van der Waals surface area contributed by atoms with Gasteiger partial charge in [-0.2, -0.15) is 0 Å². The Hall–Kier alpha value is -2.20. The van der Waals surface area contributed by atoms with Crippen molar-refractivity contribution in [3.63, 3.8) is 0 Å². The molecule has 1 aliphatic carbocycles. The van der Waals surface area contributed by atoms with Gasteiger partial charge in [-0.25, -0.2) is 0 Å². The molecule has 178 valence electrons. The number of hydrogen-bond acceptors (Lipinski definition) is 1. The van der Waals surface area contributed by atoms with E-state index in [4.69, 9.17) is 4.74 Å². The van der Waals surface area contributed by atoms with E-state index in [1.165, 1.54) is 82.6 Å². The zero-order valence-electron chi connectivity index (χ0n) is 21.1. The van der Waals surface area contributed by atoms with Crippen LogP contribution >= 0.6 is 0 Å². The van der Waals surface area contributed by atoms with Crippen LogP contribution in [0, 0.1) is 23.7 Å². The van der Waals surface area contributed by atoms with Crippen molar-refractivity contribution in [3.8, 4) is 17.6 Å². The fourth-order valence-corrected chi connectivity index (χ4v) is 4.94. The van der Waals surface area contributed by atoms with Crippen molar-refractivity contribution >= 4 is 0 Å². The normalized spacial score (nSPS) is 17.9. The number of unbranched alkanes of at least 4 members (excludes halogenated alkanes) is 4. The third kappa shape index (κ3) is 9.67. The van der Waals surface area contributed by atoms with Gasteiger partial charge in [0.05, 0.1) is 6.61 Å². The number of benzene rings is 2. The zero-order chi connectivity index (χ0) is 23.1. The molecule has 1 heteroatoms. The summed E-state index contributed by atoms with van der Waals surface area (Å²) in [7, 11) is 0. The van der Waals surface area contributed by atoms with Crippen LogP contribution in [0.3, 0.4) is 0 Å². The van der Waals surface area contributed by atoms with Gasteiger partial charge in [-0.15, -0.1) is 0 Å². The highest BCUT2D eigenvalue weighted by Crippen LogP contribution is 2.34. The molecular weight excluding hydrogens is 400 g/mol. The van der Waals surface area contributed by atoms with Crippen molar-refractivity contribution in [3.05, 3.63) is 65.2 Å². The molecule has 1 fully saturated rings. The van der Waals surface area contributed by atoms with Crippen molar-refractivity contribution in [2.75, 3.05) is 6.61 Å². The van der Waals surface area contributed by atoms with Gasteiger partial charge in [0.15, 0.2) is 0 Å². The fraction of sp³-hybridized carbons (Fsp3) is 0.562. The minimum absolute atomic E-state index is 0.797. The summed E-state index contributed by atoms with van der Waals surface area (Å²) < 4.78 is 5.78. The molecule has 2 aromatic rings. The van der Waals surface area contributed by atoms with E-state index in [1.54, 1.807) is 0 Å². The van der Waals surface area contributed by atoms with Crippen LogP contribution in [0.5, 0.6) is 5.75 Å². The molecule has 0 atom stereocenters. The third-order valence-electron chi connectivity index (χ3n) is 7.20. The molecule has 0 bridgehead atoms. The molecule has 0 radical (unpaired) electrons. The van der Waals surface area contributed by atoms with Crippen molar-refractivity contribution in [2.45, 2.75) is 97.3 Å². The second-order valence-electron chi connectivity index (χ2n) is 9.95. The van der Waals surface area contributed by atoms with Gasteiger partial charge in [-0.05, 0) is 73.1 Å². The second-order valence-corrected chi connectivity index (χ2v) is 9.95. The van der Waals surface area contributed by atoms with E-state index < -0.39 is 0 Å². The second kappa shape index (κ2) is 14.8. The number of hydrogen-bond donors (Lipinski definition) is 0. The van der Waals surface area contributed by atoms with Crippen LogP contribution in [-0.2, 0) is 6.42 Å². The van der Waals surface area contributed by atoms with E-state index >= 15 is 0 Å². The van der Waals surface area contributed by atoms with Crippen LogP contribution < -0.4 is 4.74 Å². The molecule has 3 rings (SSSR count). The minimum Gasteiger partial charge on any atom is -0.494 e. The molecule has 0 N–H and O–H groups in total. The Labute approximate surface area is 203 Å². The molecule has 0 aromatic heterocycles. The Bertz CT molecular complexity index is 829. The molecule has 0 unspecified atom stereocenters. The van der Waals surface area contributed by atoms with Crippen molar-refractivity contribution < 1.29 is 4.74 Å². The van der Waals surface area contributed by atoms with Gasteiger partial charge in [0.1, 0.15) is 5.75 Å². The van der Waals surface area contributed by atoms with E-state index in [0.717, 1.165) is 41.7 Å². The lowest BCUT2D eigenvalue weighted by Crippen LogP contribution is -2.15.